The Labute approximate surface area is 532 Å². The summed E-state index contributed by atoms with van der Waals surface area (Å²) in [7, 11) is 0.628. The molecular weight excluding hydrogens is 1860 g/mol. The van der Waals surface area contributed by atoms with Gasteiger partial charge in [-0.2, -0.15) is 19.2 Å². The average molecular weight is 1930 g/mol. The fourth-order valence-electron chi connectivity index (χ4n) is 3.01. The molecule has 5 heterocycles. The SMILES string of the molecule is C.C.C.C.C.CCc1ccc(C)c(Cl)n1.CI.CI.Cc1ccc(C)c(Cl)n1.Cc1ccc(C=O)nc1Cl.Cc1ccc(CO)nc1Cl.Cc1cccnc1Cl.O=C=O.O=C=O.[I][V]([I])[I].[I][V][I]. The van der Waals surface area contributed by atoms with E-state index >= 15 is 0 Å². The van der Waals surface area contributed by atoms with Crippen molar-refractivity contribution in [3.63, 3.8) is 0 Å². The third-order valence-electron chi connectivity index (χ3n) is 6.01. The summed E-state index contributed by atoms with van der Waals surface area (Å²) in [6, 6.07) is 18.7. The van der Waals surface area contributed by atoms with Gasteiger partial charge in [0.1, 0.15) is 31.5 Å². The van der Waals surface area contributed by atoms with Gasteiger partial charge < -0.3 is 5.11 Å². The van der Waals surface area contributed by atoms with Crippen LogP contribution in [0.1, 0.15) is 99.4 Å². The first-order chi connectivity index (χ1) is 30.2. The second kappa shape index (κ2) is 69.9. The Morgan fingerprint density at radius 2 is 0.870 bits per heavy atom. The van der Waals surface area contributed by atoms with Gasteiger partial charge in [-0.1, -0.05) is 178 Å². The molecule has 5 rings (SSSR count). The van der Waals surface area contributed by atoms with Gasteiger partial charge in [-0.3, -0.25) is 4.79 Å². The first-order valence-electron chi connectivity index (χ1n) is 16.7. The minimum atomic E-state index is -0.278. The van der Waals surface area contributed by atoms with Crippen LogP contribution in [0.2, 0.25) is 25.8 Å². The molecule has 0 bridgehead atoms. The summed E-state index contributed by atoms with van der Waals surface area (Å²) in [4.78, 5) is 66.0. The van der Waals surface area contributed by atoms with Gasteiger partial charge in [0.15, 0.2) is 6.29 Å². The monoisotopic (exact) mass is 1920 g/mol. The van der Waals surface area contributed by atoms with Gasteiger partial charge in [-0.25, -0.2) is 24.9 Å². The Morgan fingerprint density at radius 3 is 1.13 bits per heavy atom. The Balaban J connectivity index is -0.0000000616. The number of nitrogens with zero attached hydrogens (tertiary/aromatic N) is 5. The van der Waals surface area contributed by atoms with Gasteiger partial charge in [0, 0.05) is 17.6 Å². The van der Waals surface area contributed by atoms with Crippen LogP contribution in [0.3, 0.4) is 0 Å². The molecule has 0 amide bonds. The predicted octanol–water partition coefficient (Wildman–Crippen LogP) is 18.9. The van der Waals surface area contributed by atoms with Crippen molar-refractivity contribution in [2.45, 2.75) is 98.6 Å². The van der Waals surface area contributed by atoms with Crippen LogP contribution in [0.15, 0.2) is 66.9 Å². The third-order valence-corrected chi connectivity index (χ3v) is 7.93. The second-order valence-electron chi connectivity index (χ2n) is 10.4. The zero-order chi connectivity index (χ0) is 51.2. The van der Waals surface area contributed by atoms with Crippen molar-refractivity contribution in [3.8, 4) is 0 Å². The molecule has 0 spiro atoms. The molecule has 0 aliphatic rings. The van der Waals surface area contributed by atoms with Gasteiger partial charge in [-0.05, 0) is 116 Å². The van der Waals surface area contributed by atoms with Crippen molar-refractivity contribution < 1.29 is 43.5 Å². The molecule has 0 aliphatic heterocycles. The molecule has 11 nitrogen and oxygen atoms in total. The van der Waals surface area contributed by atoms with Gasteiger partial charge in [0.25, 0.3) is 0 Å². The van der Waals surface area contributed by atoms with Crippen LogP contribution in [0, 0.1) is 41.5 Å². The van der Waals surface area contributed by atoms with E-state index in [0.29, 0.717) is 52.9 Å². The maximum atomic E-state index is 10.1. The van der Waals surface area contributed by atoms with E-state index in [-0.39, 0.29) is 61.0 Å². The Morgan fingerprint density at radius 1 is 0.565 bits per heavy atom. The van der Waals surface area contributed by atoms with E-state index in [0.717, 1.165) is 45.6 Å². The number of aliphatic hydroxyl groups is 1. The third kappa shape index (κ3) is 64.1. The number of carbonyl (C=O) groups is 1. The van der Waals surface area contributed by atoms with Gasteiger partial charge in [0.2, 0.25) is 0 Å². The first-order valence-corrected chi connectivity index (χ1v) is 45.5. The molecule has 0 fully saturated rings. The van der Waals surface area contributed by atoms with E-state index in [1.54, 1.807) is 24.4 Å². The molecule has 395 valence electrons. The molecule has 0 aliphatic carbocycles. The van der Waals surface area contributed by atoms with Crippen molar-refractivity contribution >= 4 is 222 Å². The number of alkyl halides is 2. The number of pyridine rings is 5. The molecule has 25 heteroatoms. The molecule has 0 saturated heterocycles. The minimum absolute atomic E-state index is 0. The van der Waals surface area contributed by atoms with Crippen molar-refractivity contribution in [2.75, 3.05) is 9.86 Å². The molecular formula is C44H64Cl5I7N5O6V2. The molecule has 5 aromatic heterocycles. The quantitative estimate of drug-likeness (QED) is 0.0789. The van der Waals surface area contributed by atoms with Crippen LogP contribution in [0.4, 0.5) is 0 Å². The number of rotatable bonds is 3. The number of carbonyl (C=O) groups excluding carboxylic acids is 5. The molecule has 0 atom stereocenters. The van der Waals surface area contributed by atoms with E-state index in [1.165, 1.54) is 0 Å². The molecule has 0 aromatic carbocycles. The zero-order valence-corrected chi connectivity index (χ0v) is 57.2. The summed E-state index contributed by atoms with van der Waals surface area (Å²) in [6.07, 6.45) is 3.79. The summed E-state index contributed by atoms with van der Waals surface area (Å²) in [5, 5.41) is 11.3. The molecule has 0 unspecified atom stereocenters. The Bertz CT molecular complexity index is 1950. The summed E-state index contributed by atoms with van der Waals surface area (Å²) in [5.41, 5.74) is 7.90. The van der Waals surface area contributed by atoms with E-state index in [4.69, 9.17) is 82.3 Å². The summed E-state index contributed by atoms with van der Waals surface area (Å²) in [5.74, 6) is 0. The van der Waals surface area contributed by atoms with E-state index in [2.05, 4.69) is 177 Å². The van der Waals surface area contributed by atoms with Crippen LogP contribution >= 0.6 is 203 Å². The molecule has 0 saturated carbocycles. The summed E-state index contributed by atoms with van der Waals surface area (Å²) in [6.45, 7) is 13.5. The van der Waals surface area contributed by atoms with Crippen molar-refractivity contribution in [1.82, 2.24) is 24.9 Å². The fourth-order valence-corrected chi connectivity index (χ4v) is 3.83. The van der Waals surface area contributed by atoms with Crippen LogP contribution in [-0.2, 0) is 46.6 Å². The topological polar surface area (TPSA) is 170 Å². The number of hydrogen-bond acceptors (Lipinski definition) is 11. The van der Waals surface area contributed by atoms with Gasteiger partial charge in [-0.15, -0.1) is 0 Å². The van der Waals surface area contributed by atoms with Crippen LogP contribution in [-0.4, -0.2) is 58.5 Å². The Hall–Kier alpha value is 1.87. The van der Waals surface area contributed by atoms with Crippen LogP contribution < -0.4 is 0 Å². The number of aliphatic hydroxyl groups excluding tert-OH is 1. The maximum absolute atomic E-state index is 10.1. The van der Waals surface area contributed by atoms with Crippen molar-refractivity contribution in [2.24, 2.45) is 0 Å². The number of halogens is 12. The number of aldehydes is 1. The van der Waals surface area contributed by atoms with Gasteiger partial charge in [0.05, 0.1) is 12.3 Å². The van der Waals surface area contributed by atoms with E-state index < -0.39 is 0 Å². The zero-order valence-electron chi connectivity index (χ0n) is 35.5. The molecule has 0 radical (unpaired) electrons. The van der Waals surface area contributed by atoms with E-state index in [9.17, 15) is 4.79 Å². The number of aryl methyl sites for hydroxylation is 7. The van der Waals surface area contributed by atoms with Gasteiger partial charge >= 0.3 is 127 Å². The van der Waals surface area contributed by atoms with Crippen LogP contribution in [0.5, 0.6) is 0 Å². The Kier molecular flexibility index (Phi) is 97.7. The molecule has 5 aromatic rings. The molecule has 1 N–H and O–H groups in total. The number of aromatic nitrogens is 5. The van der Waals surface area contributed by atoms with Crippen molar-refractivity contribution in [3.05, 3.63) is 143 Å². The van der Waals surface area contributed by atoms with Crippen molar-refractivity contribution in [1.29, 1.82) is 0 Å². The average Bonchev–Trinajstić information content (AvgIpc) is 3.26. The standard InChI is InChI=1S/C8H10ClN.C7H8ClNO.C7H6ClNO.C7H8ClN.C6H6ClN.2CH3I.2CO2.5CH4.5HI.2V/c1-3-7-5-4-6(2)8(9)10-7;2*1-5-2-3-6(4-10)9-7(5)8;1-5-3-4-6(2)9-7(5)8;1-5-3-2-4-8-6(5)7;2*1-2;2*2-1-3;;;;;;;;;;;;/h4-5H,3H2,1-2H3;2-3,10H,4H2,1H3;2-4H,1H3;3-4H,1-2H3;2-4H,1H3;2*1H3;;;5*1H4;5*1H;;/q;;;;;;;;;;;;;;;;;;;+2;+3/p-5. The molecule has 69 heavy (non-hydrogen) atoms. The fraction of sp³-hybridized carbons (Fsp3) is 0.364. The van der Waals surface area contributed by atoms with E-state index in [1.807, 2.05) is 93.9 Å². The normalized spacial score (nSPS) is 7.70. The summed E-state index contributed by atoms with van der Waals surface area (Å²) < 4.78 is 0. The summed E-state index contributed by atoms with van der Waals surface area (Å²) >= 11 is 44.8. The number of hydrogen-bond donors (Lipinski definition) is 1. The van der Waals surface area contributed by atoms with Crippen LogP contribution in [0.25, 0.3) is 0 Å². The predicted molar refractivity (Wildman–Crippen MR) is 349 cm³/mol. The first kappa shape index (κ1) is 96.5. The second-order valence-corrected chi connectivity index (χ2v) is 59.3.